The average molecular weight is 440 g/mol. The molecule has 0 saturated heterocycles. The largest absolute Gasteiger partial charge is 0.338 e. The number of benzene rings is 1. The maximum absolute atomic E-state index is 6.14. The first-order valence-electron chi connectivity index (χ1n) is 4.81. The van der Waals surface area contributed by atoms with Crippen LogP contribution in [0.2, 0.25) is 5.02 Å². The van der Waals surface area contributed by atoms with Gasteiger partial charge in [0.2, 0.25) is 5.95 Å². The summed E-state index contributed by atoms with van der Waals surface area (Å²) >= 11 is 11.7. The first kappa shape index (κ1) is 13.8. The third-order valence-corrected chi connectivity index (χ3v) is 3.62. The highest BCUT2D eigenvalue weighted by atomic mass is 127. The van der Waals surface area contributed by atoms with Crippen LogP contribution < -0.4 is 16.6 Å². The number of nitrogen functional groups attached to an aromatic ring is 1. The summed E-state index contributed by atoms with van der Waals surface area (Å²) in [6, 6.07) is 5.70. The van der Waals surface area contributed by atoms with Gasteiger partial charge in [-0.3, -0.25) is 5.43 Å². The van der Waals surface area contributed by atoms with E-state index in [1.807, 2.05) is 18.2 Å². The van der Waals surface area contributed by atoms with Crippen LogP contribution in [0.5, 0.6) is 0 Å². The molecule has 18 heavy (non-hydrogen) atoms. The summed E-state index contributed by atoms with van der Waals surface area (Å²) in [7, 11) is 0. The van der Waals surface area contributed by atoms with E-state index < -0.39 is 0 Å². The molecule has 0 radical (unpaired) electrons. The van der Waals surface area contributed by atoms with Gasteiger partial charge in [0.05, 0.1) is 15.2 Å². The topological polar surface area (TPSA) is 75.9 Å². The Hall–Kier alpha value is -0.640. The third-order valence-electron chi connectivity index (χ3n) is 2.06. The molecule has 2 aromatic rings. The van der Waals surface area contributed by atoms with Gasteiger partial charge in [-0.25, -0.2) is 10.8 Å². The van der Waals surface area contributed by atoms with Crippen molar-refractivity contribution >= 4 is 67.6 Å². The molecule has 0 fully saturated rings. The van der Waals surface area contributed by atoms with Crippen molar-refractivity contribution in [1.29, 1.82) is 0 Å². The Balaban J connectivity index is 2.33. The first-order valence-corrected chi connectivity index (χ1v) is 7.06. The second-order valence-electron chi connectivity index (χ2n) is 3.28. The van der Waals surface area contributed by atoms with Crippen LogP contribution in [0, 0.1) is 3.57 Å². The van der Waals surface area contributed by atoms with Crippen molar-refractivity contribution in [2.24, 2.45) is 5.84 Å². The number of nitrogens with two attached hydrogens (primary N) is 1. The average Bonchev–Trinajstić information content (AvgIpc) is 2.35. The molecule has 8 heteroatoms. The highest BCUT2D eigenvalue weighted by molar-refractivity contribution is 14.1. The summed E-state index contributed by atoms with van der Waals surface area (Å²) in [4.78, 5) is 8.15. The van der Waals surface area contributed by atoms with E-state index in [-0.39, 0.29) is 0 Å². The fourth-order valence-electron chi connectivity index (χ4n) is 1.24. The molecular weight excluding hydrogens is 432 g/mol. The number of nitrogens with zero attached hydrogens (tertiary/aromatic N) is 2. The van der Waals surface area contributed by atoms with Crippen LogP contribution in [0.25, 0.3) is 0 Å². The molecule has 0 bridgehead atoms. The minimum Gasteiger partial charge on any atom is -0.338 e. The Morgan fingerprint density at radius 2 is 2.17 bits per heavy atom. The molecule has 4 N–H and O–H groups in total. The first-order chi connectivity index (χ1) is 8.60. The van der Waals surface area contributed by atoms with Crippen LogP contribution in [-0.2, 0) is 0 Å². The number of hydrazine groups is 1. The quantitative estimate of drug-likeness (QED) is 0.387. The second-order valence-corrected chi connectivity index (χ2v) is 5.79. The van der Waals surface area contributed by atoms with Crippen molar-refractivity contribution < 1.29 is 0 Å². The molecule has 2 rings (SSSR count). The van der Waals surface area contributed by atoms with Gasteiger partial charge in [-0.05, 0) is 56.7 Å². The van der Waals surface area contributed by atoms with E-state index in [0.29, 0.717) is 16.8 Å². The zero-order valence-electron chi connectivity index (χ0n) is 8.92. The van der Waals surface area contributed by atoms with E-state index in [4.69, 9.17) is 17.4 Å². The molecule has 0 aliphatic carbocycles. The third kappa shape index (κ3) is 3.22. The molecule has 0 unspecified atom stereocenters. The van der Waals surface area contributed by atoms with Gasteiger partial charge in [0.1, 0.15) is 5.82 Å². The van der Waals surface area contributed by atoms with E-state index in [1.54, 1.807) is 6.20 Å². The van der Waals surface area contributed by atoms with Crippen LogP contribution in [0.4, 0.5) is 17.5 Å². The van der Waals surface area contributed by atoms with E-state index >= 15 is 0 Å². The summed E-state index contributed by atoms with van der Waals surface area (Å²) in [6.45, 7) is 0. The molecule has 1 aromatic heterocycles. The van der Waals surface area contributed by atoms with E-state index in [2.05, 4.69) is 59.2 Å². The van der Waals surface area contributed by atoms with Gasteiger partial charge in [-0.1, -0.05) is 11.6 Å². The van der Waals surface area contributed by atoms with Gasteiger partial charge < -0.3 is 5.32 Å². The van der Waals surface area contributed by atoms with Crippen molar-refractivity contribution in [3.63, 3.8) is 0 Å². The Bertz CT molecular complexity index is 580. The summed E-state index contributed by atoms with van der Waals surface area (Å²) in [6.07, 6.45) is 1.60. The van der Waals surface area contributed by atoms with Gasteiger partial charge in [0, 0.05) is 9.77 Å². The second kappa shape index (κ2) is 6.00. The van der Waals surface area contributed by atoms with Gasteiger partial charge >= 0.3 is 0 Å². The molecule has 0 saturated carbocycles. The lowest BCUT2D eigenvalue weighted by atomic mass is 10.3. The van der Waals surface area contributed by atoms with Crippen molar-refractivity contribution in [2.45, 2.75) is 0 Å². The number of nitrogens with one attached hydrogen (secondary N) is 2. The van der Waals surface area contributed by atoms with Gasteiger partial charge in [-0.15, -0.1) is 0 Å². The smallest absolute Gasteiger partial charge is 0.239 e. The van der Waals surface area contributed by atoms with Gasteiger partial charge in [-0.2, -0.15) is 4.98 Å². The highest BCUT2D eigenvalue weighted by Crippen LogP contribution is 2.29. The molecule has 1 aromatic carbocycles. The number of halogens is 3. The van der Waals surface area contributed by atoms with E-state index in [9.17, 15) is 0 Å². The SMILES string of the molecule is NNc1ncc(Br)c(Nc2ccc(I)cc2Cl)n1. The normalized spacial score (nSPS) is 10.2. The summed E-state index contributed by atoms with van der Waals surface area (Å²) in [5, 5.41) is 3.73. The number of aromatic nitrogens is 2. The highest BCUT2D eigenvalue weighted by Gasteiger charge is 2.07. The zero-order chi connectivity index (χ0) is 13.1. The molecule has 0 atom stereocenters. The Labute approximate surface area is 131 Å². The lowest BCUT2D eigenvalue weighted by molar-refractivity contribution is 1.11. The Morgan fingerprint density at radius 1 is 1.39 bits per heavy atom. The minimum atomic E-state index is 0.322. The summed E-state index contributed by atoms with van der Waals surface area (Å²) in [5.41, 5.74) is 3.15. The van der Waals surface area contributed by atoms with Crippen molar-refractivity contribution in [2.75, 3.05) is 10.7 Å². The van der Waals surface area contributed by atoms with Gasteiger partial charge in [0.25, 0.3) is 0 Å². The molecule has 5 nitrogen and oxygen atoms in total. The van der Waals surface area contributed by atoms with Crippen molar-refractivity contribution in [3.8, 4) is 0 Å². The Kier molecular flexibility index (Phi) is 4.60. The summed E-state index contributed by atoms with van der Waals surface area (Å²) in [5.74, 6) is 6.17. The van der Waals surface area contributed by atoms with Crippen molar-refractivity contribution in [3.05, 3.63) is 37.5 Å². The maximum atomic E-state index is 6.14. The number of anilines is 3. The maximum Gasteiger partial charge on any atom is 0.239 e. The predicted molar refractivity (Wildman–Crippen MR) is 85.0 cm³/mol. The van der Waals surface area contributed by atoms with Gasteiger partial charge in [0.15, 0.2) is 0 Å². The molecule has 1 heterocycles. The molecular formula is C10H8BrClIN5. The summed E-state index contributed by atoms with van der Waals surface area (Å²) < 4.78 is 1.78. The number of rotatable bonds is 3. The number of hydrogen-bond acceptors (Lipinski definition) is 5. The van der Waals surface area contributed by atoms with Crippen LogP contribution >= 0.6 is 50.1 Å². The fraction of sp³-hybridized carbons (Fsp3) is 0. The molecule has 0 spiro atoms. The van der Waals surface area contributed by atoms with Crippen LogP contribution in [0.1, 0.15) is 0 Å². The minimum absolute atomic E-state index is 0.322. The lowest BCUT2D eigenvalue weighted by Crippen LogP contribution is -2.11. The number of hydrogen-bond donors (Lipinski definition) is 3. The van der Waals surface area contributed by atoms with Crippen LogP contribution in [-0.4, -0.2) is 9.97 Å². The van der Waals surface area contributed by atoms with Crippen LogP contribution in [0.15, 0.2) is 28.9 Å². The molecule has 0 aliphatic heterocycles. The molecule has 0 aliphatic rings. The molecule has 94 valence electrons. The van der Waals surface area contributed by atoms with Crippen molar-refractivity contribution in [1.82, 2.24) is 9.97 Å². The van der Waals surface area contributed by atoms with E-state index in [0.717, 1.165) is 13.7 Å². The van der Waals surface area contributed by atoms with E-state index in [1.165, 1.54) is 0 Å². The molecule has 0 amide bonds. The monoisotopic (exact) mass is 439 g/mol. The lowest BCUT2D eigenvalue weighted by Gasteiger charge is -2.10. The standard InChI is InChI=1S/C10H8BrClIN5/c11-6-4-15-10(18-14)17-9(6)16-8-2-1-5(13)3-7(8)12/h1-4H,14H2,(H2,15,16,17,18). The predicted octanol–water partition coefficient (Wildman–Crippen LogP) is 3.53. The Morgan fingerprint density at radius 3 is 2.83 bits per heavy atom. The van der Waals surface area contributed by atoms with Crippen LogP contribution in [0.3, 0.4) is 0 Å². The fourth-order valence-corrected chi connectivity index (χ4v) is 2.44. The zero-order valence-corrected chi connectivity index (χ0v) is 13.4.